The van der Waals surface area contributed by atoms with Crippen LogP contribution in [0.2, 0.25) is 0 Å². The second-order valence-electron chi connectivity index (χ2n) is 7.52. The fourth-order valence-electron chi connectivity index (χ4n) is 3.53. The highest BCUT2D eigenvalue weighted by Crippen LogP contribution is 2.33. The van der Waals surface area contributed by atoms with Crippen molar-refractivity contribution in [1.29, 1.82) is 0 Å². The smallest absolute Gasteiger partial charge is 0.360 e. The Morgan fingerprint density at radius 2 is 1.69 bits per heavy atom. The van der Waals surface area contributed by atoms with Crippen molar-refractivity contribution in [2.75, 3.05) is 19.5 Å². The summed E-state index contributed by atoms with van der Waals surface area (Å²) < 4.78 is 16.2. The SMILES string of the molecule is COc1cccc(-c2cc(C(=O)Nc3cc4cc(C)c(C)cc4oc3=O)ccc2OC)c1. The number of methoxy groups -OCH3 is 2. The summed E-state index contributed by atoms with van der Waals surface area (Å²) in [4.78, 5) is 25.4. The molecular weight excluding hydrogens is 406 g/mol. The van der Waals surface area contributed by atoms with Gasteiger partial charge in [0, 0.05) is 16.5 Å². The molecule has 1 aromatic heterocycles. The van der Waals surface area contributed by atoms with Crippen LogP contribution in [0.15, 0.2) is 69.9 Å². The molecule has 0 spiro atoms. The second-order valence-corrected chi connectivity index (χ2v) is 7.52. The van der Waals surface area contributed by atoms with Crippen LogP contribution < -0.4 is 20.4 Å². The number of carbonyl (C=O) groups excluding carboxylic acids is 1. The van der Waals surface area contributed by atoms with E-state index in [-0.39, 0.29) is 5.69 Å². The van der Waals surface area contributed by atoms with E-state index in [0.29, 0.717) is 22.6 Å². The van der Waals surface area contributed by atoms with Crippen LogP contribution in [-0.4, -0.2) is 20.1 Å². The Bertz CT molecular complexity index is 1390. The van der Waals surface area contributed by atoms with Gasteiger partial charge in [-0.25, -0.2) is 4.79 Å². The zero-order valence-electron chi connectivity index (χ0n) is 18.3. The molecule has 1 heterocycles. The first-order valence-electron chi connectivity index (χ1n) is 10.1. The van der Waals surface area contributed by atoms with E-state index in [4.69, 9.17) is 13.9 Å². The van der Waals surface area contributed by atoms with Crippen LogP contribution in [0.5, 0.6) is 11.5 Å². The van der Waals surface area contributed by atoms with E-state index < -0.39 is 11.5 Å². The molecule has 32 heavy (non-hydrogen) atoms. The van der Waals surface area contributed by atoms with Gasteiger partial charge in [-0.2, -0.15) is 0 Å². The van der Waals surface area contributed by atoms with Gasteiger partial charge in [-0.05, 0) is 79.1 Å². The fourth-order valence-corrected chi connectivity index (χ4v) is 3.53. The Kier molecular flexibility index (Phi) is 5.69. The Morgan fingerprint density at radius 3 is 2.44 bits per heavy atom. The van der Waals surface area contributed by atoms with Crippen LogP contribution in [0.1, 0.15) is 21.5 Å². The van der Waals surface area contributed by atoms with E-state index in [9.17, 15) is 9.59 Å². The highest BCUT2D eigenvalue weighted by molar-refractivity contribution is 6.05. The predicted molar refractivity (Wildman–Crippen MR) is 125 cm³/mol. The average Bonchev–Trinajstić information content (AvgIpc) is 2.80. The summed E-state index contributed by atoms with van der Waals surface area (Å²) in [6.45, 7) is 3.93. The quantitative estimate of drug-likeness (QED) is 0.433. The van der Waals surface area contributed by atoms with Gasteiger partial charge in [0.2, 0.25) is 0 Å². The summed E-state index contributed by atoms with van der Waals surface area (Å²) in [6, 6.07) is 18.0. The van der Waals surface area contributed by atoms with Gasteiger partial charge in [-0.3, -0.25) is 4.79 Å². The average molecular weight is 429 g/mol. The molecule has 1 amide bonds. The molecule has 6 nitrogen and oxygen atoms in total. The normalized spacial score (nSPS) is 10.8. The number of hydrogen-bond donors (Lipinski definition) is 1. The molecule has 0 aliphatic carbocycles. The van der Waals surface area contributed by atoms with Gasteiger partial charge in [0.05, 0.1) is 14.2 Å². The first-order valence-corrected chi connectivity index (χ1v) is 10.1. The van der Waals surface area contributed by atoms with Gasteiger partial charge < -0.3 is 19.2 Å². The number of aryl methyl sites for hydroxylation is 2. The molecule has 1 N–H and O–H groups in total. The number of ether oxygens (including phenoxy) is 2. The van der Waals surface area contributed by atoms with Crippen molar-refractivity contribution in [3.63, 3.8) is 0 Å². The van der Waals surface area contributed by atoms with Crippen LogP contribution >= 0.6 is 0 Å². The molecule has 4 aromatic rings. The number of fused-ring (bicyclic) bond motifs is 1. The minimum absolute atomic E-state index is 0.0875. The molecule has 0 aliphatic heterocycles. The van der Waals surface area contributed by atoms with Crippen LogP contribution in [0.3, 0.4) is 0 Å². The highest BCUT2D eigenvalue weighted by Gasteiger charge is 2.15. The van der Waals surface area contributed by atoms with Crippen LogP contribution in [0, 0.1) is 13.8 Å². The first-order chi connectivity index (χ1) is 15.4. The summed E-state index contributed by atoms with van der Waals surface area (Å²) in [5.41, 5.74) is 4.02. The van der Waals surface area contributed by atoms with Crippen molar-refractivity contribution in [1.82, 2.24) is 0 Å². The Balaban J connectivity index is 1.70. The molecule has 0 radical (unpaired) electrons. The van der Waals surface area contributed by atoms with E-state index in [0.717, 1.165) is 27.6 Å². The van der Waals surface area contributed by atoms with E-state index in [1.165, 1.54) is 0 Å². The third-order valence-electron chi connectivity index (χ3n) is 5.44. The number of benzene rings is 3. The largest absolute Gasteiger partial charge is 0.497 e. The topological polar surface area (TPSA) is 77.8 Å². The van der Waals surface area contributed by atoms with Crippen molar-refractivity contribution in [2.45, 2.75) is 13.8 Å². The molecule has 3 aromatic carbocycles. The lowest BCUT2D eigenvalue weighted by atomic mass is 10.0. The number of amides is 1. The number of anilines is 1. The third kappa shape index (κ3) is 4.07. The van der Waals surface area contributed by atoms with E-state index >= 15 is 0 Å². The lowest BCUT2D eigenvalue weighted by molar-refractivity contribution is 0.102. The van der Waals surface area contributed by atoms with Crippen molar-refractivity contribution < 1.29 is 18.7 Å². The van der Waals surface area contributed by atoms with Crippen LogP contribution in [-0.2, 0) is 0 Å². The molecule has 0 saturated heterocycles. The van der Waals surface area contributed by atoms with E-state index in [1.807, 2.05) is 50.2 Å². The molecule has 0 unspecified atom stereocenters. The van der Waals surface area contributed by atoms with Crippen molar-refractivity contribution in [3.8, 4) is 22.6 Å². The predicted octanol–water partition coefficient (Wildman–Crippen LogP) is 5.35. The summed E-state index contributed by atoms with van der Waals surface area (Å²) in [5, 5.41) is 3.43. The molecule has 0 aliphatic rings. The zero-order valence-corrected chi connectivity index (χ0v) is 18.3. The molecule has 0 fully saturated rings. The summed E-state index contributed by atoms with van der Waals surface area (Å²) >= 11 is 0. The number of hydrogen-bond acceptors (Lipinski definition) is 5. The fraction of sp³-hybridized carbons (Fsp3) is 0.154. The lowest BCUT2D eigenvalue weighted by Crippen LogP contribution is -2.18. The number of nitrogens with one attached hydrogen (secondary N) is 1. The standard InChI is InChI=1S/C26H23NO5/c1-15-10-19-14-22(26(29)32-24(19)11-16(15)2)27-25(28)18-8-9-23(31-4)21(13-18)17-6-5-7-20(12-17)30-3/h5-14H,1-4H3,(H,27,28). The van der Waals surface area contributed by atoms with E-state index in [2.05, 4.69) is 5.32 Å². The minimum atomic E-state index is -0.601. The molecule has 0 atom stereocenters. The molecule has 0 bridgehead atoms. The van der Waals surface area contributed by atoms with Gasteiger partial charge >= 0.3 is 5.63 Å². The van der Waals surface area contributed by atoms with Crippen LogP contribution in [0.25, 0.3) is 22.1 Å². The maximum Gasteiger partial charge on any atom is 0.360 e. The second kappa shape index (κ2) is 8.59. The zero-order chi connectivity index (χ0) is 22.8. The van der Waals surface area contributed by atoms with Crippen molar-refractivity contribution in [3.05, 3.63) is 87.8 Å². The number of rotatable bonds is 5. The molecule has 6 heteroatoms. The van der Waals surface area contributed by atoms with Gasteiger partial charge in [-0.1, -0.05) is 12.1 Å². The van der Waals surface area contributed by atoms with Gasteiger partial charge in [0.25, 0.3) is 5.91 Å². The number of carbonyl (C=O) groups is 1. The first kappa shape index (κ1) is 21.2. The monoisotopic (exact) mass is 429 g/mol. The lowest BCUT2D eigenvalue weighted by Gasteiger charge is -2.12. The van der Waals surface area contributed by atoms with Gasteiger partial charge in [-0.15, -0.1) is 0 Å². The van der Waals surface area contributed by atoms with Gasteiger partial charge in [0.1, 0.15) is 22.8 Å². The van der Waals surface area contributed by atoms with Crippen molar-refractivity contribution >= 4 is 22.6 Å². The molecule has 4 rings (SSSR count). The van der Waals surface area contributed by atoms with Crippen molar-refractivity contribution in [2.24, 2.45) is 0 Å². The van der Waals surface area contributed by atoms with Gasteiger partial charge in [0.15, 0.2) is 0 Å². The molecule has 0 saturated carbocycles. The Hall–Kier alpha value is -4.06. The summed E-state index contributed by atoms with van der Waals surface area (Å²) in [6.07, 6.45) is 0. The highest BCUT2D eigenvalue weighted by atomic mass is 16.5. The van der Waals surface area contributed by atoms with Crippen LogP contribution in [0.4, 0.5) is 5.69 Å². The third-order valence-corrected chi connectivity index (χ3v) is 5.44. The maximum atomic E-state index is 13.0. The summed E-state index contributed by atoms with van der Waals surface area (Å²) in [5.74, 6) is 0.886. The Morgan fingerprint density at radius 1 is 0.906 bits per heavy atom. The molecular formula is C26H23NO5. The molecule has 162 valence electrons. The summed E-state index contributed by atoms with van der Waals surface area (Å²) in [7, 11) is 3.17. The van der Waals surface area contributed by atoms with E-state index in [1.54, 1.807) is 38.5 Å². The minimum Gasteiger partial charge on any atom is -0.497 e. The Labute approximate surface area is 185 Å². The maximum absolute atomic E-state index is 13.0.